The fourth-order valence-electron chi connectivity index (χ4n) is 1.56. The van der Waals surface area contributed by atoms with Crippen molar-refractivity contribution in [2.45, 2.75) is 13.8 Å². The molecule has 0 fully saturated rings. The van der Waals surface area contributed by atoms with Crippen molar-refractivity contribution in [3.63, 3.8) is 0 Å². The number of amides is 1. The molecule has 21 heavy (non-hydrogen) atoms. The van der Waals surface area contributed by atoms with Crippen molar-refractivity contribution in [1.29, 1.82) is 0 Å². The van der Waals surface area contributed by atoms with Crippen molar-refractivity contribution in [2.24, 2.45) is 5.92 Å². The lowest BCUT2D eigenvalue weighted by atomic mass is 10.1. The van der Waals surface area contributed by atoms with Crippen LogP contribution >= 0.6 is 0 Å². The van der Waals surface area contributed by atoms with E-state index in [9.17, 15) is 9.59 Å². The molecule has 0 bridgehead atoms. The van der Waals surface area contributed by atoms with Crippen molar-refractivity contribution < 1.29 is 24.2 Å². The number of carbonyl (C=O) groups is 2. The standard InChI is InChI=1S/C15H21NO5/c1-3-20-8-9-21-13-7-5-4-6-12(13)14(17)16-10-11(2)15(18)19/h4-7,11H,3,8-10H2,1-2H3,(H,16,17)(H,18,19). The molecule has 0 aliphatic rings. The summed E-state index contributed by atoms with van der Waals surface area (Å²) in [6, 6.07) is 6.83. The van der Waals surface area contributed by atoms with Gasteiger partial charge in [0.15, 0.2) is 0 Å². The summed E-state index contributed by atoms with van der Waals surface area (Å²) in [5.41, 5.74) is 0.381. The Hall–Kier alpha value is -2.08. The molecule has 116 valence electrons. The minimum absolute atomic E-state index is 0.0709. The molecule has 0 saturated carbocycles. The third-order valence-corrected chi connectivity index (χ3v) is 2.81. The van der Waals surface area contributed by atoms with Crippen LogP contribution in [0.4, 0.5) is 0 Å². The molecule has 1 aromatic carbocycles. The minimum atomic E-state index is -0.948. The largest absolute Gasteiger partial charge is 0.490 e. The lowest BCUT2D eigenvalue weighted by Crippen LogP contribution is -2.31. The number of aliphatic carboxylic acids is 1. The van der Waals surface area contributed by atoms with E-state index in [1.54, 1.807) is 24.3 Å². The molecule has 0 aromatic heterocycles. The number of rotatable bonds is 9. The summed E-state index contributed by atoms with van der Waals surface area (Å²) in [5.74, 6) is -1.48. The SMILES string of the molecule is CCOCCOc1ccccc1C(=O)NCC(C)C(=O)O. The van der Waals surface area contributed by atoms with Gasteiger partial charge >= 0.3 is 5.97 Å². The summed E-state index contributed by atoms with van der Waals surface area (Å²) < 4.78 is 10.7. The molecule has 0 saturated heterocycles. The van der Waals surface area contributed by atoms with E-state index in [1.807, 2.05) is 6.92 Å². The van der Waals surface area contributed by atoms with E-state index in [-0.39, 0.29) is 12.5 Å². The van der Waals surface area contributed by atoms with Gasteiger partial charge in [-0.3, -0.25) is 9.59 Å². The zero-order valence-corrected chi connectivity index (χ0v) is 12.3. The maximum Gasteiger partial charge on any atom is 0.308 e. The molecule has 6 heteroatoms. The van der Waals surface area contributed by atoms with E-state index >= 15 is 0 Å². The topological polar surface area (TPSA) is 84.9 Å². The van der Waals surface area contributed by atoms with Gasteiger partial charge in [-0.1, -0.05) is 19.1 Å². The van der Waals surface area contributed by atoms with Gasteiger partial charge in [0.2, 0.25) is 0 Å². The van der Waals surface area contributed by atoms with Crippen molar-refractivity contribution in [3.05, 3.63) is 29.8 Å². The molecule has 1 rings (SSSR count). The average Bonchev–Trinajstić information content (AvgIpc) is 2.49. The van der Waals surface area contributed by atoms with Gasteiger partial charge in [0.1, 0.15) is 12.4 Å². The Labute approximate surface area is 124 Å². The fraction of sp³-hybridized carbons (Fsp3) is 0.467. The van der Waals surface area contributed by atoms with E-state index in [2.05, 4.69) is 5.32 Å². The summed E-state index contributed by atoms with van der Waals surface area (Å²) in [6.07, 6.45) is 0. The second-order valence-electron chi connectivity index (χ2n) is 4.49. The molecule has 0 aliphatic heterocycles. The summed E-state index contributed by atoms with van der Waals surface area (Å²) in [7, 11) is 0. The lowest BCUT2D eigenvalue weighted by Gasteiger charge is -2.12. The second kappa shape index (κ2) is 8.97. The zero-order valence-electron chi connectivity index (χ0n) is 12.3. The zero-order chi connectivity index (χ0) is 15.7. The number of hydrogen-bond donors (Lipinski definition) is 2. The molecular weight excluding hydrogens is 274 g/mol. The Kier molecular flexibility index (Phi) is 7.25. The Morgan fingerprint density at radius 2 is 2.00 bits per heavy atom. The van der Waals surface area contributed by atoms with E-state index in [4.69, 9.17) is 14.6 Å². The summed E-state index contributed by atoms with van der Waals surface area (Å²) in [5, 5.41) is 11.4. The number of benzene rings is 1. The first-order valence-corrected chi connectivity index (χ1v) is 6.86. The van der Waals surface area contributed by atoms with E-state index < -0.39 is 11.9 Å². The van der Waals surface area contributed by atoms with Gasteiger partial charge in [-0.25, -0.2) is 0 Å². The van der Waals surface area contributed by atoms with Crippen LogP contribution in [0.3, 0.4) is 0 Å². The number of carboxylic acid groups (broad SMARTS) is 1. The highest BCUT2D eigenvalue weighted by Crippen LogP contribution is 2.17. The Morgan fingerprint density at radius 3 is 2.67 bits per heavy atom. The van der Waals surface area contributed by atoms with Gasteiger partial charge in [-0.05, 0) is 19.1 Å². The quantitative estimate of drug-likeness (QED) is 0.675. The molecule has 0 spiro atoms. The van der Waals surface area contributed by atoms with Crippen LogP contribution in [0, 0.1) is 5.92 Å². The van der Waals surface area contributed by atoms with Crippen LogP contribution < -0.4 is 10.1 Å². The Bertz CT molecular complexity index is 475. The first-order valence-electron chi connectivity index (χ1n) is 6.86. The third-order valence-electron chi connectivity index (χ3n) is 2.81. The number of carboxylic acids is 1. The predicted octanol–water partition coefficient (Wildman–Crippen LogP) is 1.55. The monoisotopic (exact) mass is 295 g/mol. The summed E-state index contributed by atoms with van der Waals surface area (Å²) in [6.45, 7) is 4.91. The van der Waals surface area contributed by atoms with Crippen molar-refractivity contribution in [3.8, 4) is 5.75 Å². The average molecular weight is 295 g/mol. The number of carbonyl (C=O) groups excluding carboxylic acids is 1. The number of para-hydroxylation sites is 1. The van der Waals surface area contributed by atoms with Gasteiger partial charge in [-0.15, -0.1) is 0 Å². The van der Waals surface area contributed by atoms with Gasteiger partial charge in [0.05, 0.1) is 18.1 Å². The van der Waals surface area contributed by atoms with Gasteiger partial charge in [-0.2, -0.15) is 0 Å². The smallest absolute Gasteiger partial charge is 0.308 e. The third kappa shape index (κ3) is 5.83. The highest BCUT2D eigenvalue weighted by Gasteiger charge is 2.15. The number of nitrogens with one attached hydrogen (secondary N) is 1. The van der Waals surface area contributed by atoms with Crippen LogP contribution in [0.5, 0.6) is 5.75 Å². The Balaban J connectivity index is 2.60. The molecule has 0 aliphatic carbocycles. The highest BCUT2D eigenvalue weighted by molar-refractivity contribution is 5.97. The van der Waals surface area contributed by atoms with Gasteiger partial charge < -0.3 is 19.9 Å². The van der Waals surface area contributed by atoms with Crippen LogP contribution in [0.25, 0.3) is 0 Å². The van der Waals surface area contributed by atoms with E-state index in [0.29, 0.717) is 31.1 Å². The van der Waals surface area contributed by atoms with Crippen LogP contribution in [0.1, 0.15) is 24.2 Å². The number of hydrogen-bond acceptors (Lipinski definition) is 4. The summed E-state index contributed by atoms with van der Waals surface area (Å²) in [4.78, 5) is 22.8. The van der Waals surface area contributed by atoms with Gasteiger partial charge in [0, 0.05) is 13.2 Å². The molecule has 2 N–H and O–H groups in total. The van der Waals surface area contributed by atoms with Crippen molar-refractivity contribution >= 4 is 11.9 Å². The molecule has 0 radical (unpaired) electrons. The molecule has 1 aromatic rings. The van der Waals surface area contributed by atoms with Crippen LogP contribution in [0.15, 0.2) is 24.3 Å². The number of ether oxygens (including phenoxy) is 2. The van der Waals surface area contributed by atoms with Gasteiger partial charge in [0.25, 0.3) is 5.91 Å². The molecule has 1 atom stereocenters. The van der Waals surface area contributed by atoms with E-state index in [1.165, 1.54) is 6.92 Å². The molecule has 1 unspecified atom stereocenters. The normalized spacial score (nSPS) is 11.7. The second-order valence-corrected chi connectivity index (χ2v) is 4.49. The van der Waals surface area contributed by atoms with Crippen molar-refractivity contribution in [2.75, 3.05) is 26.4 Å². The highest BCUT2D eigenvalue weighted by atomic mass is 16.5. The first-order chi connectivity index (χ1) is 10.1. The predicted molar refractivity (Wildman–Crippen MR) is 77.6 cm³/mol. The van der Waals surface area contributed by atoms with Crippen molar-refractivity contribution in [1.82, 2.24) is 5.32 Å². The maximum atomic E-state index is 12.1. The Morgan fingerprint density at radius 1 is 1.29 bits per heavy atom. The summed E-state index contributed by atoms with van der Waals surface area (Å²) >= 11 is 0. The maximum absolute atomic E-state index is 12.1. The minimum Gasteiger partial charge on any atom is -0.490 e. The molecular formula is C15H21NO5. The fourth-order valence-corrected chi connectivity index (χ4v) is 1.56. The molecule has 1 amide bonds. The lowest BCUT2D eigenvalue weighted by molar-refractivity contribution is -0.140. The molecule has 0 heterocycles. The van der Waals surface area contributed by atoms with Crippen LogP contribution in [-0.2, 0) is 9.53 Å². The van der Waals surface area contributed by atoms with Crippen LogP contribution in [0.2, 0.25) is 0 Å². The van der Waals surface area contributed by atoms with E-state index in [0.717, 1.165) is 0 Å². The first kappa shape index (κ1) is 17.0. The van der Waals surface area contributed by atoms with Crippen LogP contribution in [-0.4, -0.2) is 43.3 Å². The molecule has 6 nitrogen and oxygen atoms in total.